The molecule has 1 aromatic carbocycles. The first-order valence-corrected chi connectivity index (χ1v) is 8.95. The highest BCUT2D eigenvalue weighted by Crippen LogP contribution is 2.28. The number of carbonyl (C=O) groups excluding carboxylic acids is 1. The lowest BCUT2D eigenvalue weighted by molar-refractivity contribution is 0.168. The molecule has 4 N–H and O–H groups in total. The molecule has 0 spiro atoms. The zero-order valence-corrected chi connectivity index (χ0v) is 15.0. The molecule has 1 saturated carbocycles. The van der Waals surface area contributed by atoms with Crippen LogP contribution in [-0.2, 0) is 4.74 Å². The van der Waals surface area contributed by atoms with E-state index >= 15 is 0 Å². The third-order valence-electron chi connectivity index (χ3n) is 4.45. The molecule has 0 aliphatic heterocycles. The fourth-order valence-electron chi connectivity index (χ4n) is 2.90. The smallest absolute Gasteiger partial charge is 0.320 e. The zero-order valence-electron chi connectivity index (χ0n) is 15.0. The Kier molecular flexibility index (Phi) is 4.88. The van der Waals surface area contributed by atoms with Crippen LogP contribution in [0.3, 0.4) is 0 Å². The van der Waals surface area contributed by atoms with Gasteiger partial charge in [0.2, 0.25) is 0 Å². The van der Waals surface area contributed by atoms with Crippen LogP contribution in [0.1, 0.15) is 24.4 Å². The van der Waals surface area contributed by atoms with Crippen molar-refractivity contribution in [2.45, 2.75) is 24.9 Å². The molecule has 0 saturated heterocycles. The summed E-state index contributed by atoms with van der Waals surface area (Å²) in [5, 5.41) is 17.2. The van der Waals surface area contributed by atoms with E-state index in [1.165, 1.54) is 12.8 Å². The van der Waals surface area contributed by atoms with Crippen molar-refractivity contribution in [2.24, 2.45) is 0 Å². The molecule has 0 radical (unpaired) electrons. The van der Waals surface area contributed by atoms with Gasteiger partial charge in [-0.15, -0.1) is 0 Å². The van der Waals surface area contributed by atoms with Crippen LogP contribution in [-0.4, -0.2) is 41.0 Å². The Balaban J connectivity index is 1.43. The topological polar surface area (TPSA) is 104 Å². The summed E-state index contributed by atoms with van der Waals surface area (Å²) in [6.45, 7) is 0.376. The van der Waals surface area contributed by atoms with Gasteiger partial charge in [0.15, 0.2) is 5.82 Å². The van der Waals surface area contributed by atoms with Gasteiger partial charge in [-0.3, -0.25) is 10.4 Å². The number of H-pyrrole nitrogens is 1. The summed E-state index contributed by atoms with van der Waals surface area (Å²) in [4.78, 5) is 16.7. The zero-order chi connectivity index (χ0) is 18.6. The molecule has 8 nitrogen and oxygen atoms in total. The summed E-state index contributed by atoms with van der Waals surface area (Å²) in [6.07, 6.45) is 4.06. The Bertz CT molecular complexity index is 922. The van der Waals surface area contributed by atoms with Crippen LogP contribution >= 0.6 is 0 Å². The number of hydrogen-bond donors (Lipinski definition) is 4. The van der Waals surface area contributed by atoms with Gasteiger partial charge >= 0.3 is 6.03 Å². The number of methoxy groups -OCH3 is 1. The van der Waals surface area contributed by atoms with Crippen molar-refractivity contribution in [3.63, 3.8) is 0 Å². The Hall–Kier alpha value is -3.13. The molecule has 140 valence electrons. The quantitative estimate of drug-likeness (QED) is 0.514. The lowest BCUT2D eigenvalue weighted by Crippen LogP contribution is -2.35. The summed E-state index contributed by atoms with van der Waals surface area (Å²) in [5.41, 5.74) is 1.79. The average molecular weight is 366 g/mol. The van der Waals surface area contributed by atoms with E-state index in [4.69, 9.17) is 4.74 Å². The minimum absolute atomic E-state index is 0.249. The number of ether oxygens (including phenoxy) is 1. The maximum Gasteiger partial charge on any atom is 0.320 e. The predicted octanol–water partition coefficient (Wildman–Crippen LogP) is 3.04. The maximum atomic E-state index is 12.4. The SMILES string of the molecule is COC[C@@H](NC(=O)Nc1cc2[nH]nc(NC3CC3)c2cn1)c1ccccc1. The van der Waals surface area contributed by atoms with Gasteiger partial charge in [0.1, 0.15) is 5.82 Å². The number of anilines is 2. The molecule has 27 heavy (non-hydrogen) atoms. The van der Waals surface area contributed by atoms with Crippen molar-refractivity contribution >= 4 is 28.6 Å². The lowest BCUT2D eigenvalue weighted by atomic mass is 10.1. The molecular formula is C19H22N6O2. The second-order valence-corrected chi connectivity index (χ2v) is 6.62. The second kappa shape index (κ2) is 7.63. The van der Waals surface area contributed by atoms with E-state index in [9.17, 15) is 4.79 Å². The number of nitrogens with zero attached hydrogens (tertiary/aromatic N) is 2. The first-order valence-electron chi connectivity index (χ1n) is 8.95. The molecule has 1 fully saturated rings. The monoisotopic (exact) mass is 366 g/mol. The van der Waals surface area contributed by atoms with Crippen LogP contribution in [0.4, 0.5) is 16.4 Å². The molecule has 3 aromatic rings. The highest BCUT2D eigenvalue weighted by atomic mass is 16.5. The number of rotatable bonds is 7. The molecule has 1 atom stereocenters. The molecule has 4 rings (SSSR count). The van der Waals surface area contributed by atoms with Gasteiger partial charge in [-0.1, -0.05) is 30.3 Å². The molecular weight excluding hydrogens is 344 g/mol. The summed E-state index contributed by atoms with van der Waals surface area (Å²) >= 11 is 0. The number of pyridine rings is 1. The largest absolute Gasteiger partial charge is 0.382 e. The van der Waals surface area contributed by atoms with Gasteiger partial charge < -0.3 is 15.4 Å². The summed E-state index contributed by atoms with van der Waals surface area (Å²) < 4.78 is 5.23. The highest BCUT2D eigenvalue weighted by molar-refractivity contribution is 5.94. The van der Waals surface area contributed by atoms with E-state index in [0.29, 0.717) is 18.5 Å². The van der Waals surface area contributed by atoms with Gasteiger partial charge in [0.05, 0.1) is 23.6 Å². The van der Waals surface area contributed by atoms with E-state index in [0.717, 1.165) is 22.3 Å². The first kappa shape index (κ1) is 17.3. The number of aromatic amines is 1. The summed E-state index contributed by atoms with van der Waals surface area (Å²) in [6, 6.07) is 11.4. The minimum Gasteiger partial charge on any atom is -0.382 e. The Morgan fingerprint density at radius 2 is 2.15 bits per heavy atom. The van der Waals surface area contributed by atoms with Crippen molar-refractivity contribution in [3.8, 4) is 0 Å². The Morgan fingerprint density at radius 3 is 2.89 bits per heavy atom. The Morgan fingerprint density at radius 1 is 1.33 bits per heavy atom. The number of fused-ring (bicyclic) bond motifs is 1. The first-order chi connectivity index (χ1) is 13.2. The molecule has 0 unspecified atom stereocenters. The molecule has 1 aliphatic carbocycles. The Labute approximate surface area is 156 Å². The number of nitrogens with one attached hydrogen (secondary N) is 4. The molecule has 2 heterocycles. The molecule has 1 aliphatic rings. The van der Waals surface area contributed by atoms with Crippen LogP contribution in [0.2, 0.25) is 0 Å². The highest BCUT2D eigenvalue weighted by Gasteiger charge is 2.23. The van der Waals surface area contributed by atoms with Crippen LogP contribution in [0, 0.1) is 0 Å². The predicted molar refractivity (Wildman–Crippen MR) is 104 cm³/mol. The van der Waals surface area contributed by atoms with Crippen molar-refractivity contribution < 1.29 is 9.53 Å². The van der Waals surface area contributed by atoms with Gasteiger partial charge in [0, 0.05) is 25.4 Å². The molecule has 8 heteroatoms. The van der Waals surface area contributed by atoms with Crippen molar-refractivity contribution in [3.05, 3.63) is 48.2 Å². The summed E-state index contributed by atoms with van der Waals surface area (Å²) in [5.74, 6) is 1.26. The standard InChI is InChI=1S/C19H22N6O2/c1-27-11-16(12-5-3-2-4-6-12)22-19(26)23-17-9-15-14(10-20-17)18(25-24-15)21-13-7-8-13/h2-6,9-10,13,16H,7-8,11H2,1H3,(H2,21,24,25)(H2,20,22,23,26)/t16-/m1/s1. The molecule has 2 amide bonds. The third-order valence-corrected chi connectivity index (χ3v) is 4.45. The van der Waals surface area contributed by atoms with Crippen molar-refractivity contribution in [1.82, 2.24) is 20.5 Å². The van der Waals surface area contributed by atoms with E-state index in [1.807, 2.05) is 30.3 Å². The summed E-state index contributed by atoms with van der Waals surface area (Å²) in [7, 11) is 1.61. The van der Waals surface area contributed by atoms with E-state index < -0.39 is 0 Å². The third kappa shape index (κ3) is 4.17. The number of urea groups is 1. The maximum absolute atomic E-state index is 12.4. The normalized spacial score (nSPS) is 14.7. The van der Waals surface area contributed by atoms with Gasteiger partial charge in [-0.05, 0) is 18.4 Å². The average Bonchev–Trinajstić information content (AvgIpc) is 3.41. The van der Waals surface area contributed by atoms with E-state index in [-0.39, 0.29) is 12.1 Å². The van der Waals surface area contributed by atoms with Gasteiger partial charge in [0.25, 0.3) is 0 Å². The van der Waals surface area contributed by atoms with Gasteiger partial charge in [-0.2, -0.15) is 5.10 Å². The molecule has 2 aromatic heterocycles. The fourth-order valence-corrected chi connectivity index (χ4v) is 2.90. The second-order valence-electron chi connectivity index (χ2n) is 6.62. The number of amides is 2. The number of benzene rings is 1. The van der Waals surface area contributed by atoms with Crippen LogP contribution < -0.4 is 16.0 Å². The van der Waals surface area contributed by atoms with Crippen LogP contribution in [0.25, 0.3) is 10.9 Å². The van der Waals surface area contributed by atoms with Crippen molar-refractivity contribution in [2.75, 3.05) is 24.4 Å². The lowest BCUT2D eigenvalue weighted by Gasteiger charge is -2.18. The van der Waals surface area contributed by atoms with Gasteiger partial charge in [-0.25, -0.2) is 9.78 Å². The fraction of sp³-hybridized carbons (Fsp3) is 0.316. The van der Waals surface area contributed by atoms with Crippen molar-refractivity contribution in [1.29, 1.82) is 0 Å². The van der Waals surface area contributed by atoms with Crippen LogP contribution in [0.15, 0.2) is 42.6 Å². The molecule has 0 bridgehead atoms. The number of aromatic nitrogens is 3. The van der Waals surface area contributed by atoms with Crippen LogP contribution in [0.5, 0.6) is 0 Å². The minimum atomic E-state index is -0.344. The number of carbonyl (C=O) groups is 1. The van der Waals surface area contributed by atoms with E-state index in [1.54, 1.807) is 19.4 Å². The number of hydrogen-bond acceptors (Lipinski definition) is 5. The van der Waals surface area contributed by atoms with E-state index in [2.05, 4.69) is 31.1 Å².